The van der Waals surface area contributed by atoms with Gasteiger partial charge in [0.05, 0.1) is 5.69 Å². The van der Waals surface area contributed by atoms with Crippen molar-refractivity contribution in [2.75, 3.05) is 16.8 Å². The van der Waals surface area contributed by atoms with E-state index in [1.54, 1.807) is 24.3 Å². The summed E-state index contributed by atoms with van der Waals surface area (Å²) in [5, 5.41) is 3.34. The fourth-order valence-electron chi connectivity index (χ4n) is 2.15. The van der Waals surface area contributed by atoms with Gasteiger partial charge in [0, 0.05) is 22.1 Å². The number of carbonyl (C=O) groups is 2. The van der Waals surface area contributed by atoms with Crippen LogP contribution in [0.25, 0.3) is 0 Å². The summed E-state index contributed by atoms with van der Waals surface area (Å²) in [5.41, 5.74) is 2.05. The van der Waals surface area contributed by atoms with Gasteiger partial charge < -0.3 is 10.2 Å². The number of nitrogens with one attached hydrogen (secondary N) is 1. The van der Waals surface area contributed by atoms with E-state index in [1.807, 2.05) is 25.1 Å². The summed E-state index contributed by atoms with van der Waals surface area (Å²) in [5.74, 6) is -0.510. The molecule has 0 saturated heterocycles. The van der Waals surface area contributed by atoms with Gasteiger partial charge in [0.25, 0.3) is 0 Å². The molecule has 0 bridgehead atoms. The van der Waals surface area contributed by atoms with E-state index < -0.39 is 0 Å². The summed E-state index contributed by atoms with van der Waals surface area (Å²) in [6, 6.07) is 12.6. The second-order valence-corrected chi connectivity index (χ2v) is 6.28. The number of para-hydroxylation sites is 1. The summed E-state index contributed by atoms with van der Waals surface area (Å²) < 4.78 is 0.779. The van der Waals surface area contributed by atoms with Gasteiger partial charge >= 0.3 is 0 Å². The minimum absolute atomic E-state index is 0.0855. The zero-order valence-corrected chi connectivity index (χ0v) is 15.1. The Balaban J connectivity index is 2.20. The standard InChI is InChI=1S/C17H16BrClN2O2/c1-11-14(19)7-5-9-16(11)21(12(2)22)10-17(23)20-15-8-4-3-6-13(15)18/h3-9H,10H2,1-2H3,(H,20,23). The third-order valence-electron chi connectivity index (χ3n) is 3.36. The van der Waals surface area contributed by atoms with Crippen LogP contribution in [0.3, 0.4) is 0 Å². The summed E-state index contributed by atoms with van der Waals surface area (Å²) >= 11 is 9.48. The maximum Gasteiger partial charge on any atom is 0.244 e. The third-order valence-corrected chi connectivity index (χ3v) is 4.46. The summed E-state index contributed by atoms with van der Waals surface area (Å²) in [6.07, 6.45) is 0. The van der Waals surface area contributed by atoms with Gasteiger partial charge in [-0.05, 0) is 52.7 Å². The summed E-state index contributed by atoms with van der Waals surface area (Å²) in [6.45, 7) is 3.16. The largest absolute Gasteiger partial charge is 0.324 e. The number of hydrogen-bond donors (Lipinski definition) is 1. The van der Waals surface area contributed by atoms with Crippen molar-refractivity contribution >= 4 is 50.7 Å². The third kappa shape index (κ3) is 4.33. The van der Waals surface area contributed by atoms with E-state index >= 15 is 0 Å². The van der Waals surface area contributed by atoms with Gasteiger partial charge in [-0.3, -0.25) is 9.59 Å². The molecule has 2 amide bonds. The Hall–Kier alpha value is -1.85. The molecule has 120 valence electrons. The van der Waals surface area contributed by atoms with Crippen LogP contribution in [-0.4, -0.2) is 18.4 Å². The zero-order valence-electron chi connectivity index (χ0n) is 12.8. The second-order valence-electron chi connectivity index (χ2n) is 5.02. The molecule has 0 aromatic heterocycles. The van der Waals surface area contributed by atoms with Crippen LogP contribution in [0.5, 0.6) is 0 Å². The number of rotatable bonds is 4. The Labute approximate surface area is 148 Å². The van der Waals surface area contributed by atoms with Crippen molar-refractivity contribution in [2.45, 2.75) is 13.8 Å². The van der Waals surface area contributed by atoms with Crippen molar-refractivity contribution in [3.63, 3.8) is 0 Å². The predicted octanol–water partition coefficient (Wildman–Crippen LogP) is 4.40. The minimum Gasteiger partial charge on any atom is -0.324 e. The van der Waals surface area contributed by atoms with Crippen molar-refractivity contribution in [1.29, 1.82) is 0 Å². The molecular formula is C17H16BrClN2O2. The van der Waals surface area contributed by atoms with Gasteiger partial charge in [0.1, 0.15) is 6.54 Å². The van der Waals surface area contributed by atoms with E-state index in [4.69, 9.17) is 11.6 Å². The second kappa shape index (κ2) is 7.62. The molecular weight excluding hydrogens is 380 g/mol. The fraction of sp³-hybridized carbons (Fsp3) is 0.176. The van der Waals surface area contributed by atoms with Crippen molar-refractivity contribution in [3.05, 3.63) is 57.5 Å². The highest BCUT2D eigenvalue weighted by Crippen LogP contribution is 2.27. The van der Waals surface area contributed by atoms with Crippen molar-refractivity contribution in [3.8, 4) is 0 Å². The van der Waals surface area contributed by atoms with E-state index in [0.717, 1.165) is 10.0 Å². The van der Waals surface area contributed by atoms with Crippen LogP contribution < -0.4 is 10.2 Å². The normalized spacial score (nSPS) is 10.3. The molecule has 23 heavy (non-hydrogen) atoms. The monoisotopic (exact) mass is 394 g/mol. The number of hydrogen-bond acceptors (Lipinski definition) is 2. The molecule has 1 N–H and O–H groups in total. The number of amides is 2. The molecule has 0 saturated carbocycles. The molecule has 0 atom stereocenters. The summed E-state index contributed by atoms with van der Waals surface area (Å²) in [7, 11) is 0. The van der Waals surface area contributed by atoms with Crippen LogP contribution in [0.15, 0.2) is 46.9 Å². The van der Waals surface area contributed by atoms with Crippen LogP contribution in [0.4, 0.5) is 11.4 Å². The highest BCUT2D eigenvalue weighted by atomic mass is 79.9. The lowest BCUT2D eigenvalue weighted by Crippen LogP contribution is -2.37. The topological polar surface area (TPSA) is 49.4 Å². The molecule has 0 unspecified atom stereocenters. The molecule has 0 aliphatic rings. The van der Waals surface area contributed by atoms with Crippen LogP contribution in [-0.2, 0) is 9.59 Å². The van der Waals surface area contributed by atoms with E-state index in [0.29, 0.717) is 16.4 Å². The molecule has 2 aromatic carbocycles. The van der Waals surface area contributed by atoms with Crippen LogP contribution in [0.2, 0.25) is 5.02 Å². The van der Waals surface area contributed by atoms with Gasteiger partial charge in [-0.15, -0.1) is 0 Å². The molecule has 0 fully saturated rings. The van der Waals surface area contributed by atoms with E-state index in [9.17, 15) is 9.59 Å². The van der Waals surface area contributed by atoms with Gasteiger partial charge in [-0.2, -0.15) is 0 Å². The average Bonchev–Trinajstić information content (AvgIpc) is 2.50. The SMILES string of the molecule is CC(=O)N(CC(=O)Nc1ccccc1Br)c1cccc(Cl)c1C. The van der Waals surface area contributed by atoms with Crippen molar-refractivity contribution in [2.24, 2.45) is 0 Å². The Morgan fingerprint density at radius 3 is 2.52 bits per heavy atom. The molecule has 0 radical (unpaired) electrons. The number of nitrogens with zero attached hydrogens (tertiary/aromatic N) is 1. The van der Waals surface area contributed by atoms with Gasteiger partial charge in [-0.25, -0.2) is 0 Å². The maximum atomic E-state index is 12.3. The Morgan fingerprint density at radius 2 is 1.87 bits per heavy atom. The van der Waals surface area contributed by atoms with E-state index in [1.165, 1.54) is 11.8 Å². The maximum absolute atomic E-state index is 12.3. The predicted molar refractivity (Wildman–Crippen MR) is 97.0 cm³/mol. The Bertz CT molecular complexity index is 749. The molecule has 4 nitrogen and oxygen atoms in total. The van der Waals surface area contributed by atoms with Gasteiger partial charge in [0.15, 0.2) is 0 Å². The fourth-order valence-corrected chi connectivity index (χ4v) is 2.70. The number of carbonyl (C=O) groups excluding carboxylic acids is 2. The minimum atomic E-state index is -0.286. The molecule has 2 aromatic rings. The first-order valence-electron chi connectivity index (χ1n) is 6.97. The first-order chi connectivity index (χ1) is 10.9. The van der Waals surface area contributed by atoms with Crippen LogP contribution in [0, 0.1) is 6.92 Å². The lowest BCUT2D eigenvalue weighted by molar-refractivity contribution is -0.120. The highest BCUT2D eigenvalue weighted by Gasteiger charge is 2.19. The van der Waals surface area contributed by atoms with E-state index in [2.05, 4.69) is 21.2 Å². The quantitative estimate of drug-likeness (QED) is 0.834. The number of benzene rings is 2. The molecule has 2 rings (SSSR count). The lowest BCUT2D eigenvalue weighted by atomic mass is 10.1. The van der Waals surface area contributed by atoms with E-state index in [-0.39, 0.29) is 18.4 Å². The summed E-state index contributed by atoms with van der Waals surface area (Å²) in [4.78, 5) is 25.7. The highest BCUT2D eigenvalue weighted by molar-refractivity contribution is 9.10. The smallest absolute Gasteiger partial charge is 0.244 e. The van der Waals surface area contributed by atoms with Crippen LogP contribution >= 0.6 is 27.5 Å². The van der Waals surface area contributed by atoms with Gasteiger partial charge in [0.2, 0.25) is 11.8 Å². The molecule has 0 heterocycles. The molecule has 0 aliphatic carbocycles. The first kappa shape index (κ1) is 17.5. The Morgan fingerprint density at radius 1 is 1.17 bits per heavy atom. The molecule has 0 aliphatic heterocycles. The number of anilines is 2. The molecule has 0 spiro atoms. The van der Waals surface area contributed by atoms with Gasteiger partial charge in [-0.1, -0.05) is 29.8 Å². The van der Waals surface area contributed by atoms with Crippen molar-refractivity contribution in [1.82, 2.24) is 0 Å². The molecule has 6 heteroatoms. The first-order valence-corrected chi connectivity index (χ1v) is 8.15. The van der Waals surface area contributed by atoms with Crippen molar-refractivity contribution < 1.29 is 9.59 Å². The number of halogens is 2. The Kier molecular flexibility index (Phi) is 5.80. The zero-order chi connectivity index (χ0) is 17.0. The average molecular weight is 396 g/mol. The lowest BCUT2D eigenvalue weighted by Gasteiger charge is -2.23. The van der Waals surface area contributed by atoms with Crippen LogP contribution in [0.1, 0.15) is 12.5 Å².